The predicted octanol–water partition coefficient (Wildman–Crippen LogP) is 1.22. The van der Waals surface area contributed by atoms with Gasteiger partial charge in [-0.25, -0.2) is 4.79 Å². The Morgan fingerprint density at radius 2 is 2.04 bits per heavy atom. The smallest absolute Gasteiger partial charge is 0.331 e. The van der Waals surface area contributed by atoms with Gasteiger partial charge in [0.05, 0.1) is 6.10 Å². The van der Waals surface area contributed by atoms with Gasteiger partial charge in [0.1, 0.15) is 6.54 Å². The van der Waals surface area contributed by atoms with Gasteiger partial charge < -0.3 is 14.2 Å². The standard InChI is InChI=1S/C17H17ClN4O4/c1-10-8-21(2)17(25)22(16(10)24)9-15-19-14(20-26-15)7-13(23)11-3-5-12(18)6-4-11/h3-6,8,13,23H,7,9H2,1-2H3/t13-/m1/s1/i7D2. The number of hydrogen-bond acceptors (Lipinski definition) is 6. The summed E-state index contributed by atoms with van der Waals surface area (Å²) < 4.78 is 23.5. The summed E-state index contributed by atoms with van der Waals surface area (Å²) in [5.74, 6) is -0.533. The summed E-state index contributed by atoms with van der Waals surface area (Å²) in [6.45, 7) is 1.26. The van der Waals surface area contributed by atoms with Crippen LogP contribution in [0, 0.1) is 6.92 Å². The van der Waals surface area contributed by atoms with Gasteiger partial charge in [0.2, 0.25) is 5.89 Å². The van der Waals surface area contributed by atoms with Crippen LogP contribution in [0.2, 0.25) is 5.02 Å². The number of hydrogen-bond donors (Lipinski definition) is 1. The van der Waals surface area contributed by atoms with E-state index in [0.29, 0.717) is 10.6 Å². The van der Waals surface area contributed by atoms with E-state index in [1.165, 1.54) is 42.1 Å². The van der Waals surface area contributed by atoms with Gasteiger partial charge in [-0.2, -0.15) is 4.98 Å². The van der Waals surface area contributed by atoms with E-state index in [1.54, 1.807) is 6.92 Å². The average molecular weight is 379 g/mol. The van der Waals surface area contributed by atoms with Gasteiger partial charge in [-0.1, -0.05) is 28.9 Å². The molecule has 0 amide bonds. The molecule has 0 unspecified atom stereocenters. The maximum atomic E-state index is 12.2. The molecule has 9 heteroatoms. The molecule has 2 heterocycles. The molecular weight excluding hydrogens is 360 g/mol. The van der Waals surface area contributed by atoms with Crippen LogP contribution < -0.4 is 11.2 Å². The monoisotopic (exact) mass is 378 g/mol. The van der Waals surface area contributed by atoms with Crippen LogP contribution in [-0.4, -0.2) is 24.4 Å². The van der Waals surface area contributed by atoms with Crippen LogP contribution in [-0.2, 0) is 20.0 Å². The molecule has 0 aliphatic carbocycles. The van der Waals surface area contributed by atoms with E-state index in [1.807, 2.05) is 0 Å². The third-order valence-corrected chi connectivity index (χ3v) is 3.97. The first-order valence-corrected chi connectivity index (χ1v) is 8.02. The molecule has 2 aromatic heterocycles. The van der Waals surface area contributed by atoms with Crippen LogP contribution in [0.25, 0.3) is 0 Å². The largest absolute Gasteiger partial charge is 0.388 e. The topological polar surface area (TPSA) is 103 Å². The molecule has 0 saturated carbocycles. The van der Waals surface area contributed by atoms with Crippen LogP contribution in [0.5, 0.6) is 0 Å². The van der Waals surface area contributed by atoms with E-state index < -0.39 is 29.6 Å². The molecular formula is C17H17ClN4O4. The fourth-order valence-electron chi connectivity index (χ4n) is 2.39. The summed E-state index contributed by atoms with van der Waals surface area (Å²) in [4.78, 5) is 28.3. The van der Waals surface area contributed by atoms with Gasteiger partial charge in [0.15, 0.2) is 5.82 Å². The van der Waals surface area contributed by atoms with Crippen molar-refractivity contribution in [2.75, 3.05) is 0 Å². The number of aliphatic hydroxyl groups is 1. The first-order chi connectivity index (χ1) is 13.1. The summed E-state index contributed by atoms with van der Waals surface area (Å²) >= 11 is 5.81. The van der Waals surface area contributed by atoms with Crippen molar-refractivity contribution in [3.8, 4) is 0 Å². The zero-order valence-electron chi connectivity index (χ0n) is 16.0. The Hall–Kier alpha value is -2.71. The highest BCUT2D eigenvalue weighted by molar-refractivity contribution is 6.30. The fourth-order valence-corrected chi connectivity index (χ4v) is 2.52. The lowest BCUT2D eigenvalue weighted by molar-refractivity contribution is 0.174. The first kappa shape index (κ1) is 15.5. The lowest BCUT2D eigenvalue weighted by Crippen LogP contribution is -2.40. The molecule has 136 valence electrons. The van der Waals surface area contributed by atoms with Crippen LogP contribution in [0.4, 0.5) is 0 Å². The van der Waals surface area contributed by atoms with E-state index >= 15 is 0 Å². The number of aromatic nitrogens is 4. The Balaban J connectivity index is 1.91. The van der Waals surface area contributed by atoms with Crippen molar-refractivity contribution in [1.29, 1.82) is 0 Å². The van der Waals surface area contributed by atoms with Crippen molar-refractivity contribution in [1.82, 2.24) is 19.3 Å². The van der Waals surface area contributed by atoms with E-state index in [-0.39, 0.29) is 18.0 Å². The summed E-state index contributed by atoms with van der Waals surface area (Å²) in [6, 6.07) is 6.03. The molecule has 3 rings (SSSR count). The van der Waals surface area contributed by atoms with Crippen molar-refractivity contribution in [3.05, 3.63) is 79.2 Å². The van der Waals surface area contributed by atoms with Crippen molar-refractivity contribution in [3.63, 3.8) is 0 Å². The molecule has 0 spiro atoms. The van der Waals surface area contributed by atoms with Gasteiger partial charge in [0, 0.05) is 32.9 Å². The molecule has 0 fully saturated rings. The predicted molar refractivity (Wildman–Crippen MR) is 94.2 cm³/mol. The number of rotatable bonds is 5. The molecule has 1 atom stereocenters. The molecule has 1 aromatic carbocycles. The normalized spacial score (nSPS) is 14.0. The highest BCUT2D eigenvalue weighted by Gasteiger charge is 2.16. The Labute approximate surface area is 156 Å². The summed E-state index contributed by atoms with van der Waals surface area (Å²) in [7, 11) is 1.51. The van der Waals surface area contributed by atoms with Gasteiger partial charge in [-0.3, -0.25) is 9.36 Å². The molecule has 0 radical (unpaired) electrons. The van der Waals surface area contributed by atoms with Crippen molar-refractivity contribution in [2.24, 2.45) is 7.05 Å². The molecule has 0 aliphatic rings. The van der Waals surface area contributed by atoms with E-state index in [0.717, 1.165) is 4.57 Å². The Kier molecular flexibility index (Phi) is 4.34. The molecule has 8 nitrogen and oxygen atoms in total. The summed E-state index contributed by atoms with van der Waals surface area (Å²) in [6.07, 6.45) is -2.54. The highest BCUT2D eigenvalue weighted by Crippen LogP contribution is 2.19. The Morgan fingerprint density at radius 1 is 1.35 bits per heavy atom. The summed E-state index contributed by atoms with van der Waals surface area (Å²) in [5.41, 5.74) is -0.438. The van der Waals surface area contributed by atoms with E-state index in [9.17, 15) is 14.7 Å². The second kappa shape index (κ2) is 7.27. The SMILES string of the molecule is [2H]C([2H])(c1noc(Cn2c(=O)c(C)cn(C)c2=O)n1)[C@@H](O)c1ccc(Cl)cc1. The van der Waals surface area contributed by atoms with Crippen molar-refractivity contribution >= 4 is 11.6 Å². The van der Waals surface area contributed by atoms with Gasteiger partial charge in [-0.15, -0.1) is 0 Å². The average Bonchev–Trinajstić information content (AvgIpc) is 3.13. The number of nitrogens with zero attached hydrogens (tertiary/aromatic N) is 4. The van der Waals surface area contributed by atoms with Crippen LogP contribution >= 0.6 is 11.6 Å². The first-order valence-electron chi connectivity index (χ1n) is 8.65. The van der Waals surface area contributed by atoms with Crippen LogP contribution in [0.3, 0.4) is 0 Å². The molecule has 0 aliphatic heterocycles. The minimum atomic E-state index is -2.38. The third-order valence-electron chi connectivity index (χ3n) is 3.72. The summed E-state index contributed by atoms with van der Waals surface area (Å²) in [5, 5.41) is 14.4. The molecule has 0 bridgehead atoms. The van der Waals surface area contributed by atoms with E-state index in [2.05, 4.69) is 10.1 Å². The molecule has 1 N–H and O–H groups in total. The quantitative estimate of drug-likeness (QED) is 0.716. The maximum absolute atomic E-state index is 12.2. The maximum Gasteiger partial charge on any atom is 0.331 e. The lowest BCUT2D eigenvalue weighted by Gasteiger charge is -2.08. The van der Waals surface area contributed by atoms with Crippen molar-refractivity contribution < 1.29 is 12.4 Å². The molecule has 3 aromatic rings. The molecule has 26 heavy (non-hydrogen) atoms. The highest BCUT2D eigenvalue weighted by atomic mass is 35.5. The second-order valence-electron chi connectivity index (χ2n) is 5.71. The van der Waals surface area contributed by atoms with Crippen LogP contribution in [0.1, 0.15) is 31.7 Å². The van der Waals surface area contributed by atoms with Crippen LogP contribution in [0.15, 0.2) is 44.6 Å². The minimum absolute atomic E-state index is 0.132. The van der Waals surface area contributed by atoms with Crippen molar-refractivity contribution in [2.45, 2.75) is 25.9 Å². The zero-order chi connectivity index (χ0) is 20.6. The minimum Gasteiger partial charge on any atom is -0.388 e. The number of aryl methyl sites for hydroxylation is 2. The Bertz CT molecular complexity index is 1090. The fraction of sp³-hybridized carbons (Fsp3) is 0.294. The number of halogens is 1. The van der Waals surface area contributed by atoms with Gasteiger partial charge in [-0.05, 0) is 24.6 Å². The third kappa shape index (κ3) is 3.76. The van der Waals surface area contributed by atoms with Gasteiger partial charge in [0.25, 0.3) is 5.56 Å². The number of aliphatic hydroxyl groups excluding tert-OH is 1. The second-order valence-corrected chi connectivity index (χ2v) is 6.14. The number of benzene rings is 1. The van der Waals surface area contributed by atoms with Gasteiger partial charge >= 0.3 is 5.69 Å². The Morgan fingerprint density at radius 3 is 2.73 bits per heavy atom. The van der Waals surface area contributed by atoms with E-state index in [4.69, 9.17) is 18.9 Å². The zero-order valence-corrected chi connectivity index (χ0v) is 14.8. The molecule has 0 saturated heterocycles. The lowest BCUT2D eigenvalue weighted by atomic mass is 10.1.